The van der Waals surface area contributed by atoms with Crippen molar-refractivity contribution < 1.29 is 27.8 Å². The van der Waals surface area contributed by atoms with Crippen LogP contribution in [0.2, 0.25) is 0 Å². The highest BCUT2D eigenvalue weighted by Gasteiger charge is 2.28. The number of aryl methyl sites for hydroxylation is 1. The summed E-state index contributed by atoms with van der Waals surface area (Å²) in [7, 11) is 0. The Balaban J connectivity index is 2.75. The highest BCUT2D eigenvalue weighted by Crippen LogP contribution is 2.25. The number of ether oxygens (including phenoxy) is 1. The second-order valence-corrected chi connectivity index (χ2v) is 4.22. The van der Waals surface area contributed by atoms with E-state index in [0.29, 0.717) is 5.69 Å². The molecule has 112 valence electrons. The summed E-state index contributed by atoms with van der Waals surface area (Å²) in [6.45, 7) is 1.56. The molecule has 4 nitrogen and oxygen atoms in total. The van der Waals surface area contributed by atoms with Crippen LogP contribution in [0.25, 0.3) is 0 Å². The summed E-state index contributed by atoms with van der Waals surface area (Å²) in [6.07, 6.45) is -4.46. The van der Waals surface area contributed by atoms with Crippen molar-refractivity contribution >= 4 is 11.6 Å². The number of aromatic hydroxyl groups is 1. The molecule has 0 fully saturated rings. The molecule has 1 rings (SSSR count). The lowest BCUT2D eigenvalue weighted by molar-refractivity contribution is -0.175. The number of alkyl halides is 3. The molecule has 0 aliphatic carbocycles. The molecule has 0 spiro atoms. The van der Waals surface area contributed by atoms with Gasteiger partial charge in [0, 0.05) is 12.6 Å². The number of hydrogen-bond donors (Lipinski definition) is 1. The number of halogens is 3. The molecule has 0 heterocycles. The Labute approximate surface area is 114 Å². The van der Waals surface area contributed by atoms with Gasteiger partial charge in [-0.2, -0.15) is 13.2 Å². The Morgan fingerprint density at radius 3 is 2.60 bits per heavy atom. The molecule has 0 unspecified atom stereocenters. The normalized spacial score (nSPS) is 11.4. The Kier molecular flexibility index (Phi) is 5.38. The molecule has 0 bridgehead atoms. The number of carbonyl (C=O) groups excluding carboxylic acids is 1. The molecule has 0 saturated carbocycles. The predicted octanol–water partition coefficient (Wildman–Crippen LogP) is 2.63. The molecule has 0 aliphatic heterocycles. The molecular weight excluding hydrogens is 275 g/mol. The molecular formula is C13H16F3NO3. The zero-order valence-corrected chi connectivity index (χ0v) is 11.2. The minimum absolute atomic E-state index is 0.0203. The third-order valence-electron chi connectivity index (χ3n) is 2.59. The van der Waals surface area contributed by atoms with Gasteiger partial charge in [0.05, 0.1) is 5.69 Å². The molecule has 20 heavy (non-hydrogen) atoms. The number of hydrogen-bond acceptors (Lipinski definition) is 3. The van der Waals surface area contributed by atoms with Crippen LogP contribution in [0.5, 0.6) is 5.75 Å². The van der Waals surface area contributed by atoms with Gasteiger partial charge in [0.2, 0.25) is 0 Å². The van der Waals surface area contributed by atoms with Crippen molar-refractivity contribution in [3.8, 4) is 5.75 Å². The fourth-order valence-electron chi connectivity index (χ4n) is 1.70. The quantitative estimate of drug-likeness (QED) is 0.907. The average Bonchev–Trinajstić information content (AvgIpc) is 2.33. The summed E-state index contributed by atoms with van der Waals surface area (Å²) < 4.78 is 40.2. The minimum Gasteiger partial charge on any atom is -0.508 e. The van der Waals surface area contributed by atoms with E-state index in [4.69, 9.17) is 0 Å². The summed E-state index contributed by atoms with van der Waals surface area (Å²) in [5, 5.41) is 9.43. The number of likely N-dealkylation sites (N-methyl/N-ethyl adjacent to an activating group) is 1. The van der Waals surface area contributed by atoms with Gasteiger partial charge in [0.25, 0.3) is 5.91 Å². The van der Waals surface area contributed by atoms with Crippen molar-refractivity contribution in [1.82, 2.24) is 0 Å². The fourth-order valence-corrected chi connectivity index (χ4v) is 1.70. The summed E-state index contributed by atoms with van der Waals surface area (Å²) >= 11 is 0. The first-order chi connectivity index (χ1) is 9.24. The van der Waals surface area contributed by atoms with Gasteiger partial charge in [-0.25, -0.2) is 0 Å². The fraction of sp³-hybridized carbons (Fsp3) is 0.462. The van der Waals surface area contributed by atoms with E-state index in [0.717, 1.165) is 5.56 Å². The van der Waals surface area contributed by atoms with Crippen LogP contribution in [0, 0.1) is 6.92 Å². The SMILES string of the molecule is CCN(C(=O)COCC(F)(F)F)c1cc(O)ccc1C. The van der Waals surface area contributed by atoms with Gasteiger partial charge in [-0.1, -0.05) is 6.07 Å². The molecule has 0 radical (unpaired) electrons. The number of nitrogens with zero attached hydrogens (tertiary/aromatic N) is 1. The monoisotopic (exact) mass is 291 g/mol. The number of phenols is 1. The zero-order chi connectivity index (χ0) is 15.3. The first kappa shape index (κ1) is 16.3. The van der Waals surface area contributed by atoms with Crippen LogP contribution in [0.1, 0.15) is 12.5 Å². The van der Waals surface area contributed by atoms with E-state index >= 15 is 0 Å². The third kappa shape index (κ3) is 4.73. The van der Waals surface area contributed by atoms with Gasteiger partial charge < -0.3 is 14.7 Å². The van der Waals surface area contributed by atoms with E-state index in [-0.39, 0.29) is 12.3 Å². The molecule has 0 saturated heterocycles. The van der Waals surface area contributed by atoms with Crippen molar-refractivity contribution in [2.45, 2.75) is 20.0 Å². The number of anilines is 1. The zero-order valence-electron chi connectivity index (χ0n) is 11.2. The van der Waals surface area contributed by atoms with E-state index in [2.05, 4.69) is 4.74 Å². The van der Waals surface area contributed by atoms with Gasteiger partial charge in [-0.05, 0) is 25.5 Å². The Morgan fingerprint density at radius 1 is 1.40 bits per heavy atom. The standard InChI is InChI=1S/C13H16F3NO3/c1-3-17(11-6-10(18)5-4-9(11)2)12(19)7-20-8-13(14,15)16/h4-6,18H,3,7-8H2,1-2H3. The van der Waals surface area contributed by atoms with Gasteiger partial charge in [-0.15, -0.1) is 0 Å². The molecule has 1 amide bonds. The number of carbonyl (C=O) groups is 1. The van der Waals surface area contributed by atoms with Crippen LogP contribution in [0.4, 0.5) is 18.9 Å². The maximum Gasteiger partial charge on any atom is 0.411 e. The maximum absolute atomic E-state index is 11.9. The van der Waals surface area contributed by atoms with Crippen LogP contribution >= 0.6 is 0 Å². The average molecular weight is 291 g/mol. The van der Waals surface area contributed by atoms with E-state index in [9.17, 15) is 23.1 Å². The van der Waals surface area contributed by atoms with Gasteiger partial charge in [-0.3, -0.25) is 4.79 Å². The highest BCUT2D eigenvalue weighted by molar-refractivity contribution is 5.95. The van der Waals surface area contributed by atoms with Crippen molar-refractivity contribution in [2.24, 2.45) is 0 Å². The van der Waals surface area contributed by atoms with Crippen molar-refractivity contribution in [2.75, 3.05) is 24.7 Å². The van der Waals surface area contributed by atoms with E-state index in [1.165, 1.54) is 17.0 Å². The molecule has 0 atom stereocenters. The smallest absolute Gasteiger partial charge is 0.411 e. The second kappa shape index (κ2) is 6.60. The van der Waals surface area contributed by atoms with Crippen LogP contribution < -0.4 is 4.90 Å². The molecule has 1 N–H and O–H groups in total. The minimum atomic E-state index is -4.46. The van der Waals surface area contributed by atoms with E-state index in [1.54, 1.807) is 19.9 Å². The molecule has 1 aromatic carbocycles. The lowest BCUT2D eigenvalue weighted by atomic mass is 10.1. The number of amides is 1. The molecule has 7 heteroatoms. The van der Waals surface area contributed by atoms with Crippen molar-refractivity contribution in [1.29, 1.82) is 0 Å². The van der Waals surface area contributed by atoms with E-state index in [1.807, 2.05) is 0 Å². The first-order valence-electron chi connectivity index (χ1n) is 5.99. The predicted molar refractivity (Wildman–Crippen MR) is 67.7 cm³/mol. The van der Waals surface area contributed by atoms with Gasteiger partial charge in [0.1, 0.15) is 19.0 Å². The van der Waals surface area contributed by atoms with Crippen LogP contribution in [0.3, 0.4) is 0 Å². The van der Waals surface area contributed by atoms with E-state index < -0.39 is 25.3 Å². The third-order valence-corrected chi connectivity index (χ3v) is 2.59. The second-order valence-electron chi connectivity index (χ2n) is 4.22. The Hall–Kier alpha value is -1.76. The summed E-state index contributed by atoms with van der Waals surface area (Å²) in [5.74, 6) is -0.612. The molecule has 1 aromatic rings. The first-order valence-corrected chi connectivity index (χ1v) is 5.99. The highest BCUT2D eigenvalue weighted by atomic mass is 19.4. The number of rotatable bonds is 5. The summed E-state index contributed by atoms with van der Waals surface area (Å²) in [6, 6.07) is 4.48. The number of phenolic OH excluding ortho intramolecular Hbond substituents is 1. The van der Waals surface area contributed by atoms with Crippen LogP contribution in [0.15, 0.2) is 18.2 Å². The number of benzene rings is 1. The molecule has 0 aliphatic rings. The lowest BCUT2D eigenvalue weighted by Crippen LogP contribution is -2.35. The summed E-state index contributed by atoms with van der Waals surface area (Å²) in [4.78, 5) is 13.1. The van der Waals surface area contributed by atoms with Crippen LogP contribution in [-0.2, 0) is 9.53 Å². The lowest BCUT2D eigenvalue weighted by Gasteiger charge is -2.23. The van der Waals surface area contributed by atoms with Gasteiger partial charge >= 0.3 is 6.18 Å². The van der Waals surface area contributed by atoms with Gasteiger partial charge in [0.15, 0.2) is 0 Å². The maximum atomic E-state index is 11.9. The molecule has 0 aromatic heterocycles. The van der Waals surface area contributed by atoms with Crippen molar-refractivity contribution in [3.63, 3.8) is 0 Å². The summed E-state index contributed by atoms with van der Waals surface area (Å²) in [5.41, 5.74) is 1.18. The van der Waals surface area contributed by atoms with Crippen molar-refractivity contribution in [3.05, 3.63) is 23.8 Å². The topological polar surface area (TPSA) is 49.8 Å². The van der Waals surface area contributed by atoms with Crippen LogP contribution in [-0.4, -0.2) is 36.9 Å². The largest absolute Gasteiger partial charge is 0.508 e. The Morgan fingerprint density at radius 2 is 2.05 bits per heavy atom. The Bertz CT molecular complexity index is 474.